The van der Waals surface area contributed by atoms with Crippen LogP contribution < -0.4 is 0 Å². The summed E-state index contributed by atoms with van der Waals surface area (Å²) in [6.07, 6.45) is 1.91. The van der Waals surface area contributed by atoms with Gasteiger partial charge in [0.05, 0.1) is 0 Å². The molecule has 3 aromatic rings. The minimum absolute atomic E-state index is 0.293. The molecular formula is C15H13N5O2. The lowest BCUT2D eigenvalue weighted by Gasteiger charge is -2.13. The average molecular weight is 295 g/mol. The lowest BCUT2D eigenvalue weighted by molar-refractivity contribution is -0.141. The number of hydrogen-bond donors (Lipinski definition) is 1. The Bertz CT molecular complexity index is 758. The number of benzene rings is 1. The molecule has 1 unspecified atom stereocenters. The highest BCUT2D eigenvalue weighted by atomic mass is 16.4. The summed E-state index contributed by atoms with van der Waals surface area (Å²) in [5.41, 5.74) is 1.43. The van der Waals surface area contributed by atoms with E-state index in [1.807, 2.05) is 30.3 Å². The minimum atomic E-state index is -0.992. The zero-order chi connectivity index (χ0) is 15.4. The first kappa shape index (κ1) is 13.9. The van der Waals surface area contributed by atoms with Crippen molar-refractivity contribution in [1.29, 1.82) is 0 Å². The fourth-order valence-corrected chi connectivity index (χ4v) is 2.18. The molecule has 2 heterocycles. The van der Waals surface area contributed by atoms with Crippen molar-refractivity contribution in [3.63, 3.8) is 0 Å². The molecule has 1 atom stereocenters. The highest BCUT2D eigenvalue weighted by Crippen LogP contribution is 2.20. The monoisotopic (exact) mass is 295 g/mol. The fraction of sp³-hybridized carbons (Fsp3) is 0.133. The zero-order valence-electron chi connectivity index (χ0n) is 11.6. The molecule has 7 heteroatoms. The maximum Gasteiger partial charge on any atom is 0.329 e. The first-order valence-electron chi connectivity index (χ1n) is 6.71. The highest BCUT2D eigenvalue weighted by molar-refractivity contribution is 5.73. The number of rotatable bonds is 5. The lowest BCUT2D eigenvalue weighted by Crippen LogP contribution is -2.23. The van der Waals surface area contributed by atoms with Crippen molar-refractivity contribution >= 4 is 5.97 Å². The van der Waals surface area contributed by atoms with Gasteiger partial charge in [0.25, 0.3) is 0 Å². The molecular weight excluding hydrogens is 282 g/mol. The van der Waals surface area contributed by atoms with Crippen LogP contribution in [-0.2, 0) is 11.2 Å². The standard InChI is InChI=1S/C15H13N5O2/c21-15(22)13(10-11-6-2-1-3-7-11)20-14(17-18-19-20)12-8-4-5-9-16-12/h1-9,13H,10H2,(H,21,22). The number of pyridine rings is 1. The number of nitrogens with zero attached hydrogens (tertiary/aromatic N) is 5. The van der Waals surface area contributed by atoms with E-state index in [-0.39, 0.29) is 0 Å². The molecule has 7 nitrogen and oxygen atoms in total. The van der Waals surface area contributed by atoms with Crippen molar-refractivity contribution in [2.45, 2.75) is 12.5 Å². The molecule has 0 saturated carbocycles. The summed E-state index contributed by atoms with van der Waals surface area (Å²) in [6, 6.07) is 13.8. The molecule has 1 N–H and O–H groups in total. The largest absolute Gasteiger partial charge is 0.480 e. The van der Waals surface area contributed by atoms with E-state index < -0.39 is 12.0 Å². The van der Waals surface area contributed by atoms with Gasteiger partial charge < -0.3 is 5.11 Å². The Morgan fingerprint density at radius 2 is 1.91 bits per heavy atom. The van der Waals surface area contributed by atoms with E-state index in [2.05, 4.69) is 20.5 Å². The molecule has 0 fully saturated rings. The molecule has 0 radical (unpaired) electrons. The van der Waals surface area contributed by atoms with Crippen LogP contribution in [0.1, 0.15) is 11.6 Å². The number of carboxylic acids is 1. The number of hydrogen-bond acceptors (Lipinski definition) is 5. The second-order valence-corrected chi connectivity index (χ2v) is 4.71. The zero-order valence-corrected chi connectivity index (χ0v) is 11.6. The Kier molecular flexibility index (Phi) is 3.86. The molecule has 2 aromatic heterocycles. The summed E-state index contributed by atoms with van der Waals surface area (Å²) in [7, 11) is 0. The first-order valence-corrected chi connectivity index (χ1v) is 6.71. The smallest absolute Gasteiger partial charge is 0.329 e. The number of tetrazole rings is 1. The summed E-state index contributed by atoms with van der Waals surface area (Å²) >= 11 is 0. The molecule has 0 aliphatic rings. The Hall–Kier alpha value is -3.09. The van der Waals surface area contributed by atoms with Crippen LogP contribution in [0.3, 0.4) is 0 Å². The van der Waals surface area contributed by atoms with Crippen LogP contribution in [0.2, 0.25) is 0 Å². The Labute approximate surface area is 126 Å². The van der Waals surface area contributed by atoms with Crippen LogP contribution in [0.15, 0.2) is 54.7 Å². The molecule has 22 heavy (non-hydrogen) atoms. The van der Waals surface area contributed by atoms with Crippen LogP contribution in [0.25, 0.3) is 11.5 Å². The second-order valence-electron chi connectivity index (χ2n) is 4.71. The summed E-state index contributed by atoms with van der Waals surface area (Å²) in [6.45, 7) is 0. The van der Waals surface area contributed by atoms with Gasteiger partial charge in [-0.1, -0.05) is 36.4 Å². The van der Waals surface area contributed by atoms with Crippen LogP contribution in [0.5, 0.6) is 0 Å². The van der Waals surface area contributed by atoms with E-state index in [0.29, 0.717) is 17.9 Å². The Balaban J connectivity index is 1.97. The summed E-state index contributed by atoms with van der Waals surface area (Å²) < 4.78 is 1.30. The van der Waals surface area contributed by atoms with Crippen LogP contribution in [-0.4, -0.2) is 36.3 Å². The Morgan fingerprint density at radius 1 is 1.14 bits per heavy atom. The van der Waals surface area contributed by atoms with E-state index in [0.717, 1.165) is 5.56 Å². The highest BCUT2D eigenvalue weighted by Gasteiger charge is 2.25. The van der Waals surface area contributed by atoms with E-state index in [9.17, 15) is 9.90 Å². The van der Waals surface area contributed by atoms with Crippen LogP contribution in [0, 0.1) is 0 Å². The van der Waals surface area contributed by atoms with Crippen molar-refractivity contribution in [2.24, 2.45) is 0 Å². The quantitative estimate of drug-likeness (QED) is 0.768. The summed E-state index contributed by atoms with van der Waals surface area (Å²) in [4.78, 5) is 15.8. The van der Waals surface area contributed by atoms with Crippen molar-refractivity contribution in [2.75, 3.05) is 0 Å². The van der Waals surface area contributed by atoms with E-state index >= 15 is 0 Å². The van der Waals surface area contributed by atoms with Crippen LogP contribution in [0.4, 0.5) is 0 Å². The third kappa shape index (κ3) is 2.83. The van der Waals surface area contributed by atoms with Crippen LogP contribution >= 0.6 is 0 Å². The maximum absolute atomic E-state index is 11.6. The van der Waals surface area contributed by atoms with E-state index in [1.165, 1.54) is 4.68 Å². The number of carbonyl (C=O) groups is 1. The van der Waals surface area contributed by atoms with Gasteiger partial charge in [0.1, 0.15) is 5.69 Å². The SMILES string of the molecule is O=C(O)C(Cc1ccccc1)n1nnnc1-c1ccccn1. The van der Waals surface area contributed by atoms with Gasteiger partial charge in [0.15, 0.2) is 6.04 Å². The normalized spacial score (nSPS) is 12.0. The second kappa shape index (κ2) is 6.13. The maximum atomic E-state index is 11.6. The summed E-state index contributed by atoms with van der Waals surface area (Å²) in [5.74, 6) is -0.655. The molecule has 0 spiro atoms. The molecule has 1 aromatic carbocycles. The molecule has 110 valence electrons. The van der Waals surface area contributed by atoms with E-state index in [1.54, 1.807) is 24.4 Å². The van der Waals surface area contributed by atoms with Crippen molar-refractivity contribution < 1.29 is 9.90 Å². The molecule has 0 bridgehead atoms. The van der Waals surface area contributed by atoms with Gasteiger partial charge in [-0.25, -0.2) is 9.48 Å². The third-order valence-electron chi connectivity index (χ3n) is 3.24. The van der Waals surface area contributed by atoms with Gasteiger partial charge >= 0.3 is 5.97 Å². The lowest BCUT2D eigenvalue weighted by atomic mass is 10.1. The first-order chi connectivity index (χ1) is 10.8. The van der Waals surface area contributed by atoms with E-state index in [4.69, 9.17) is 0 Å². The molecule has 0 aliphatic carbocycles. The molecule has 0 amide bonds. The van der Waals surface area contributed by atoms with Gasteiger partial charge in [0.2, 0.25) is 5.82 Å². The topological polar surface area (TPSA) is 93.8 Å². The molecule has 3 rings (SSSR count). The minimum Gasteiger partial charge on any atom is -0.480 e. The third-order valence-corrected chi connectivity index (χ3v) is 3.24. The van der Waals surface area contributed by atoms with Crippen molar-refractivity contribution in [3.8, 4) is 11.5 Å². The van der Waals surface area contributed by atoms with Gasteiger partial charge in [-0.3, -0.25) is 4.98 Å². The van der Waals surface area contributed by atoms with Gasteiger partial charge in [-0.2, -0.15) is 0 Å². The molecule has 0 saturated heterocycles. The Morgan fingerprint density at radius 3 is 2.59 bits per heavy atom. The van der Waals surface area contributed by atoms with Gasteiger partial charge in [-0.15, -0.1) is 5.10 Å². The summed E-state index contributed by atoms with van der Waals surface area (Å²) in [5, 5.41) is 20.9. The van der Waals surface area contributed by atoms with Gasteiger partial charge in [-0.05, 0) is 28.1 Å². The number of aliphatic carboxylic acids is 1. The fourth-order valence-electron chi connectivity index (χ4n) is 2.18. The van der Waals surface area contributed by atoms with Crippen molar-refractivity contribution in [1.82, 2.24) is 25.2 Å². The predicted molar refractivity (Wildman–Crippen MR) is 77.9 cm³/mol. The number of carboxylic acid groups (broad SMARTS) is 1. The number of aromatic nitrogens is 5. The van der Waals surface area contributed by atoms with Gasteiger partial charge in [0, 0.05) is 12.6 Å². The predicted octanol–water partition coefficient (Wildman–Crippen LogP) is 1.60. The molecule has 0 aliphatic heterocycles. The average Bonchev–Trinajstić information content (AvgIpc) is 3.03. The van der Waals surface area contributed by atoms with Crippen molar-refractivity contribution in [3.05, 3.63) is 60.3 Å².